The molecular formula is C13H26N4. The van der Waals surface area contributed by atoms with Crippen molar-refractivity contribution in [3.05, 3.63) is 18.0 Å². The number of rotatable bonds is 7. The Labute approximate surface area is 105 Å². The van der Waals surface area contributed by atoms with Crippen molar-refractivity contribution in [3.63, 3.8) is 0 Å². The van der Waals surface area contributed by atoms with Gasteiger partial charge in [0.1, 0.15) is 0 Å². The molecule has 0 aliphatic heterocycles. The van der Waals surface area contributed by atoms with Gasteiger partial charge in [-0.25, -0.2) is 0 Å². The quantitative estimate of drug-likeness (QED) is 0.781. The monoisotopic (exact) mass is 238 g/mol. The number of aryl methyl sites for hydroxylation is 1. The molecule has 0 radical (unpaired) electrons. The second-order valence-corrected chi connectivity index (χ2v) is 5.39. The van der Waals surface area contributed by atoms with Crippen LogP contribution in [0.4, 0.5) is 0 Å². The highest BCUT2D eigenvalue weighted by atomic mass is 15.2. The molecule has 0 amide bonds. The molecule has 98 valence electrons. The summed E-state index contributed by atoms with van der Waals surface area (Å²) in [6.07, 6.45) is 5.21. The second kappa shape index (κ2) is 6.17. The SMILES string of the molecule is CCC(C)(CNC)CN(C)Cc1cnn(C)c1. The number of hydrogen-bond acceptors (Lipinski definition) is 3. The van der Waals surface area contributed by atoms with E-state index in [9.17, 15) is 0 Å². The molecule has 1 aromatic rings. The van der Waals surface area contributed by atoms with Gasteiger partial charge in [-0.15, -0.1) is 0 Å². The maximum absolute atomic E-state index is 4.20. The normalized spacial score (nSPS) is 15.2. The third kappa shape index (κ3) is 4.48. The first-order valence-electron chi connectivity index (χ1n) is 6.30. The Morgan fingerprint density at radius 2 is 2.24 bits per heavy atom. The van der Waals surface area contributed by atoms with Gasteiger partial charge < -0.3 is 10.2 Å². The smallest absolute Gasteiger partial charge is 0.0534 e. The molecule has 0 saturated carbocycles. The molecule has 0 aromatic carbocycles. The highest BCUT2D eigenvalue weighted by Gasteiger charge is 2.23. The van der Waals surface area contributed by atoms with E-state index in [0.29, 0.717) is 5.41 Å². The van der Waals surface area contributed by atoms with Crippen LogP contribution in [0.1, 0.15) is 25.8 Å². The molecule has 0 bridgehead atoms. The topological polar surface area (TPSA) is 33.1 Å². The molecule has 1 rings (SSSR count). The standard InChI is InChI=1S/C13H26N4/c1-6-13(2,10-14-3)11-16(4)8-12-7-15-17(5)9-12/h7,9,14H,6,8,10-11H2,1-5H3. The van der Waals surface area contributed by atoms with Gasteiger partial charge in [0, 0.05) is 38.4 Å². The molecule has 1 unspecified atom stereocenters. The fourth-order valence-electron chi connectivity index (χ4n) is 2.29. The van der Waals surface area contributed by atoms with Gasteiger partial charge in [0.2, 0.25) is 0 Å². The molecular weight excluding hydrogens is 212 g/mol. The van der Waals surface area contributed by atoms with Crippen LogP contribution in [0.3, 0.4) is 0 Å². The third-order valence-corrected chi connectivity index (χ3v) is 3.32. The van der Waals surface area contributed by atoms with E-state index < -0.39 is 0 Å². The van der Waals surface area contributed by atoms with Crippen LogP contribution < -0.4 is 5.32 Å². The number of nitrogens with zero attached hydrogens (tertiary/aromatic N) is 3. The third-order valence-electron chi connectivity index (χ3n) is 3.32. The van der Waals surface area contributed by atoms with E-state index in [4.69, 9.17) is 0 Å². The fraction of sp³-hybridized carbons (Fsp3) is 0.769. The summed E-state index contributed by atoms with van der Waals surface area (Å²) in [7, 11) is 6.16. The van der Waals surface area contributed by atoms with Crippen molar-refractivity contribution in [2.45, 2.75) is 26.8 Å². The Kier molecular flexibility index (Phi) is 5.15. The van der Waals surface area contributed by atoms with Crippen molar-refractivity contribution in [2.75, 3.05) is 27.2 Å². The van der Waals surface area contributed by atoms with Crippen LogP contribution in [0, 0.1) is 5.41 Å². The van der Waals surface area contributed by atoms with Crippen molar-refractivity contribution in [1.29, 1.82) is 0 Å². The van der Waals surface area contributed by atoms with Gasteiger partial charge in [-0.2, -0.15) is 5.10 Å². The molecule has 1 aromatic heterocycles. The molecule has 0 aliphatic carbocycles. The Balaban J connectivity index is 2.50. The average Bonchev–Trinajstić information content (AvgIpc) is 2.64. The zero-order valence-corrected chi connectivity index (χ0v) is 11.8. The number of hydrogen-bond donors (Lipinski definition) is 1. The van der Waals surface area contributed by atoms with Gasteiger partial charge in [0.15, 0.2) is 0 Å². The van der Waals surface area contributed by atoms with Gasteiger partial charge in [-0.1, -0.05) is 13.8 Å². The second-order valence-electron chi connectivity index (χ2n) is 5.39. The first-order valence-corrected chi connectivity index (χ1v) is 6.30. The molecule has 0 saturated heterocycles. The Morgan fingerprint density at radius 1 is 1.53 bits per heavy atom. The summed E-state index contributed by atoms with van der Waals surface area (Å²) in [5.74, 6) is 0. The molecule has 4 nitrogen and oxygen atoms in total. The van der Waals surface area contributed by atoms with Crippen molar-refractivity contribution in [1.82, 2.24) is 20.0 Å². The fourth-order valence-corrected chi connectivity index (χ4v) is 2.29. The summed E-state index contributed by atoms with van der Waals surface area (Å²) in [4.78, 5) is 2.37. The van der Waals surface area contributed by atoms with E-state index >= 15 is 0 Å². The summed E-state index contributed by atoms with van der Waals surface area (Å²) in [5.41, 5.74) is 1.61. The molecule has 4 heteroatoms. The van der Waals surface area contributed by atoms with Gasteiger partial charge in [0.25, 0.3) is 0 Å². The lowest BCUT2D eigenvalue weighted by Gasteiger charge is -2.32. The molecule has 1 heterocycles. The predicted molar refractivity (Wildman–Crippen MR) is 71.9 cm³/mol. The first kappa shape index (κ1) is 14.2. The number of nitrogens with one attached hydrogen (secondary N) is 1. The summed E-state index contributed by atoms with van der Waals surface area (Å²) in [6, 6.07) is 0. The first-order chi connectivity index (χ1) is 7.99. The summed E-state index contributed by atoms with van der Waals surface area (Å²) >= 11 is 0. The maximum atomic E-state index is 4.20. The van der Waals surface area contributed by atoms with Crippen LogP contribution in [0.25, 0.3) is 0 Å². The van der Waals surface area contributed by atoms with Crippen LogP contribution in [0.15, 0.2) is 12.4 Å². The minimum Gasteiger partial charge on any atom is -0.319 e. The lowest BCUT2D eigenvalue weighted by atomic mass is 9.87. The van der Waals surface area contributed by atoms with Gasteiger partial charge >= 0.3 is 0 Å². The van der Waals surface area contributed by atoms with Crippen LogP contribution in [-0.4, -0.2) is 41.9 Å². The van der Waals surface area contributed by atoms with Crippen LogP contribution in [0.5, 0.6) is 0 Å². The number of aromatic nitrogens is 2. The highest BCUT2D eigenvalue weighted by molar-refractivity contribution is 5.03. The molecule has 17 heavy (non-hydrogen) atoms. The molecule has 1 N–H and O–H groups in total. The zero-order valence-electron chi connectivity index (χ0n) is 11.8. The minimum atomic E-state index is 0.339. The molecule has 0 spiro atoms. The van der Waals surface area contributed by atoms with E-state index in [0.717, 1.165) is 19.6 Å². The lowest BCUT2D eigenvalue weighted by molar-refractivity contribution is 0.178. The molecule has 0 aliphatic rings. The Hall–Kier alpha value is -0.870. The van der Waals surface area contributed by atoms with Crippen molar-refractivity contribution in [2.24, 2.45) is 12.5 Å². The Bertz CT molecular complexity index is 334. The van der Waals surface area contributed by atoms with Crippen molar-refractivity contribution in [3.8, 4) is 0 Å². The Morgan fingerprint density at radius 3 is 2.71 bits per heavy atom. The molecule has 0 fully saturated rings. The van der Waals surface area contributed by atoms with E-state index in [1.807, 2.05) is 25.0 Å². The van der Waals surface area contributed by atoms with E-state index in [-0.39, 0.29) is 0 Å². The van der Waals surface area contributed by atoms with Gasteiger partial charge in [0.05, 0.1) is 6.20 Å². The molecule has 1 atom stereocenters. The van der Waals surface area contributed by atoms with Gasteiger partial charge in [-0.05, 0) is 25.9 Å². The lowest BCUT2D eigenvalue weighted by Crippen LogP contribution is -2.39. The van der Waals surface area contributed by atoms with Crippen LogP contribution in [0.2, 0.25) is 0 Å². The van der Waals surface area contributed by atoms with E-state index in [1.165, 1.54) is 12.0 Å². The highest BCUT2D eigenvalue weighted by Crippen LogP contribution is 2.21. The van der Waals surface area contributed by atoms with Gasteiger partial charge in [-0.3, -0.25) is 4.68 Å². The van der Waals surface area contributed by atoms with E-state index in [2.05, 4.69) is 42.4 Å². The largest absolute Gasteiger partial charge is 0.319 e. The van der Waals surface area contributed by atoms with Crippen LogP contribution >= 0.6 is 0 Å². The van der Waals surface area contributed by atoms with Crippen LogP contribution in [-0.2, 0) is 13.6 Å². The van der Waals surface area contributed by atoms with Crippen molar-refractivity contribution >= 4 is 0 Å². The summed E-state index contributed by atoms with van der Waals surface area (Å²) in [6.45, 7) is 7.71. The predicted octanol–water partition coefficient (Wildman–Crippen LogP) is 1.49. The van der Waals surface area contributed by atoms with Crippen molar-refractivity contribution < 1.29 is 0 Å². The van der Waals surface area contributed by atoms with E-state index in [1.54, 1.807) is 0 Å². The minimum absolute atomic E-state index is 0.339. The summed E-state index contributed by atoms with van der Waals surface area (Å²) < 4.78 is 1.86. The maximum Gasteiger partial charge on any atom is 0.0534 e. The summed E-state index contributed by atoms with van der Waals surface area (Å²) in [5, 5.41) is 7.49. The average molecular weight is 238 g/mol. The zero-order chi connectivity index (χ0) is 12.9.